The Morgan fingerprint density at radius 2 is 1.52 bits per heavy atom. The van der Waals surface area contributed by atoms with Gasteiger partial charge in [0.1, 0.15) is 29.3 Å². The van der Waals surface area contributed by atoms with Gasteiger partial charge in [0.05, 0.1) is 23.9 Å². The van der Waals surface area contributed by atoms with Crippen molar-refractivity contribution < 1.29 is 19.0 Å². The van der Waals surface area contributed by atoms with Crippen LogP contribution in [-0.2, 0) is 23.4 Å². The molecule has 5 aromatic carbocycles. The van der Waals surface area contributed by atoms with Crippen molar-refractivity contribution >= 4 is 39.2 Å². The molecule has 8 heteroatoms. The van der Waals surface area contributed by atoms with Crippen molar-refractivity contribution in [2.45, 2.75) is 107 Å². The van der Waals surface area contributed by atoms with E-state index in [-0.39, 0.29) is 5.91 Å². The molecule has 1 saturated carbocycles. The molecule has 0 saturated heterocycles. The highest BCUT2D eigenvalue weighted by atomic mass is 32.2. The number of aromatic nitrogens is 1. The van der Waals surface area contributed by atoms with Crippen molar-refractivity contribution in [3.8, 4) is 28.4 Å². The lowest BCUT2D eigenvalue weighted by atomic mass is 9.73. The second-order valence-electron chi connectivity index (χ2n) is 16.3. The second kappa shape index (κ2) is 19.7. The molecule has 0 radical (unpaired) electrons. The molecule has 0 N–H and O–H groups in total. The summed E-state index contributed by atoms with van der Waals surface area (Å²) in [6, 6.07) is 38.3. The Bertz CT molecular complexity index is 2320. The van der Waals surface area contributed by atoms with E-state index in [2.05, 4.69) is 96.8 Å². The summed E-state index contributed by atoms with van der Waals surface area (Å²) in [6.45, 7) is 6.38. The van der Waals surface area contributed by atoms with Crippen LogP contribution in [0.25, 0.3) is 21.3 Å². The quantitative estimate of drug-likeness (QED) is 0.0488. The van der Waals surface area contributed by atoms with E-state index < -0.39 is 5.41 Å². The van der Waals surface area contributed by atoms with Gasteiger partial charge in [-0.05, 0) is 109 Å². The van der Waals surface area contributed by atoms with E-state index in [1.165, 1.54) is 44.1 Å². The summed E-state index contributed by atoms with van der Waals surface area (Å²) < 4.78 is 20.2. The number of hydrogen-bond acceptors (Lipinski definition) is 7. The van der Waals surface area contributed by atoms with Crippen LogP contribution < -0.4 is 14.2 Å². The molecule has 60 heavy (non-hydrogen) atoms. The number of hydrogen-bond donors (Lipinski definition) is 0. The Labute approximate surface area is 364 Å². The molecule has 312 valence electrons. The number of ether oxygens (including phenoxy) is 3. The third-order valence-corrected chi connectivity index (χ3v) is 14.6. The number of carbonyl (C=O) groups excluding carboxylic acids is 1. The largest absolute Gasteiger partial charge is 0.496 e. The molecule has 1 fully saturated rings. The van der Waals surface area contributed by atoms with Gasteiger partial charge in [-0.1, -0.05) is 124 Å². The van der Waals surface area contributed by atoms with E-state index in [1.54, 1.807) is 30.2 Å². The molecule has 6 aromatic rings. The van der Waals surface area contributed by atoms with Crippen LogP contribution in [0.4, 0.5) is 0 Å². The standard InChI is InChI=1S/C52H58N2O4S2/c1-4-31-54(35-40-26-27-41(33-48(40)56-3)58-36-37-22-24-39(25-23-37)38-16-8-6-7-9-17-38)50(55)52(45-20-12-10-18-43(45)44-19-11-13-21-46(44)52)30-14-15-32-59-51-53-47-29-28-42(57-5-2)34-49(47)60-51/h10-13,18-29,33-34,38H,4-9,14-17,30-32,35-36H2,1-3H3. The van der Waals surface area contributed by atoms with Crippen LogP contribution in [0.3, 0.4) is 0 Å². The average molecular weight is 839 g/mol. The molecule has 0 atom stereocenters. The fourth-order valence-corrected chi connectivity index (χ4v) is 11.6. The van der Waals surface area contributed by atoms with Crippen molar-refractivity contribution in [2.75, 3.05) is 26.0 Å². The smallest absolute Gasteiger partial charge is 0.238 e. The monoisotopic (exact) mass is 838 g/mol. The van der Waals surface area contributed by atoms with Crippen molar-refractivity contribution in [3.05, 3.63) is 137 Å². The Balaban J connectivity index is 0.982. The molecular weight excluding hydrogens is 781 g/mol. The van der Waals surface area contributed by atoms with Gasteiger partial charge >= 0.3 is 0 Å². The van der Waals surface area contributed by atoms with Crippen molar-refractivity contribution in [1.82, 2.24) is 9.88 Å². The number of rotatable bonds is 18. The molecular formula is C52H58N2O4S2. The Morgan fingerprint density at radius 1 is 0.817 bits per heavy atom. The van der Waals surface area contributed by atoms with E-state index in [1.807, 2.05) is 31.2 Å². The van der Waals surface area contributed by atoms with Crippen LogP contribution in [0.1, 0.15) is 112 Å². The van der Waals surface area contributed by atoms with Gasteiger partial charge < -0.3 is 19.1 Å². The molecule has 0 spiro atoms. The van der Waals surface area contributed by atoms with Gasteiger partial charge in [-0.2, -0.15) is 0 Å². The maximum Gasteiger partial charge on any atom is 0.238 e. The van der Waals surface area contributed by atoms with Crippen LogP contribution in [0, 0.1) is 0 Å². The predicted molar refractivity (Wildman–Crippen MR) is 248 cm³/mol. The van der Waals surface area contributed by atoms with E-state index in [9.17, 15) is 0 Å². The van der Waals surface area contributed by atoms with Crippen molar-refractivity contribution in [3.63, 3.8) is 0 Å². The minimum absolute atomic E-state index is 0.153. The Hall–Kier alpha value is -4.79. The highest BCUT2D eigenvalue weighted by molar-refractivity contribution is 8.01. The molecule has 1 amide bonds. The third-order valence-electron chi connectivity index (χ3n) is 12.4. The first kappa shape index (κ1) is 41.9. The molecule has 0 unspecified atom stereocenters. The van der Waals surface area contributed by atoms with Crippen LogP contribution in [0.15, 0.2) is 114 Å². The van der Waals surface area contributed by atoms with Gasteiger partial charge in [0.15, 0.2) is 4.34 Å². The molecule has 1 aromatic heterocycles. The minimum Gasteiger partial charge on any atom is -0.496 e. The number of thiazole rings is 1. The van der Waals surface area contributed by atoms with Crippen LogP contribution in [-0.4, -0.2) is 41.8 Å². The zero-order valence-electron chi connectivity index (χ0n) is 35.4. The van der Waals surface area contributed by atoms with Crippen molar-refractivity contribution in [1.29, 1.82) is 0 Å². The highest BCUT2D eigenvalue weighted by Crippen LogP contribution is 2.53. The fraction of sp³-hybridized carbons (Fsp3) is 0.385. The normalized spacial score (nSPS) is 14.7. The molecule has 2 aliphatic rings. The lowest BCUT2D eigenvalue weighted by molar-refractivity contribution is -0.136. The van der Waals surface area contributed by atoms with E-state index in [0.717, 1.165) is 96.6 Å². The SMILES string of the molecule is CCCN(Cc1ccc(OCc2ccc(C3CCCCCC3)cc2)cc1OC)C(=O)C1(CCCCSc2nc3ccc(OCC)cc3s2)c2ccccc2-c2ccccc21. The molecule has 0 bridgehead atoms. The summed E-state index contributed by atoms with van der Waals surface area (Å²) in [7, 11) is 1.70. The summed E-state index contributed by atoms with van der Waals surface area (Å²) in [4.78, 5) is 22.5. The average Bonchev–Trinajstić information content (AvgIpc) is 3.68. The van der Waals surface area contributed by atoms with Gasteiger partial charge in [0.25, 0.3) is 0 Å². The number of fused-ring (bicyclic) bond motifs is 4. The molecule has 8 rings (SSSR count). The van der Waals surface area contributed by atoms with Gasteiger partial charge in [0.2, 0.25) is 5.91 Å². The van der Waals surface area contributed by atoms with Crippen LogP contribution >= 0.6 is 23.1 Å². The first-order valence-corrected chi connectivity index (χ1v) is 23.8. The molecule has 1 heterocycles. The number of carbonyl (C=O) groups is 1. The number of amides is 1. The molecule has 6 nitrogen and oxygen atoms in total. The topological polar surface area (TPSA) is 60.9 Å². The maximum atomic E-state index is 15.6. The third kappa shape index (κ3) is 9.11. The summed E-state index contributed by atoms with van der Waals surface area (Å²) in [5.74, 6) is 4.14. The number of nitrogens with zero attached hydrogens (tertiary/aromatic N) is 2. The lowest BCUT2D eigenvalue weighted by Gasteiger charge is -2.37. The summed E-state index contributed by atoms with van der Waals surface area (Å²) in [5.41, 5.74) is 8.34. The maximum absolute atomic E-state index is 15.6. The first-order chi connectivity index (χ1) is 29.5. The van der Waals surface area contributed by atoms with Crippen molar-refractivity contribution in [2.24, 2.45) is 0 Å². The fourth-order valence-electron chi connectivity index (χ4n) is 9.39. The Morgan fingerprint density at radius 3 is 2.22 bits per heavy atom. The predicted octanol–water partition coefficient (Wildman–Crippen LogP) is 13.4. The van der Waals surface area contributed by atoms with Crippen LogP contribution in [0.5, 0.6) is 17.2 Å². The number of methoxy groups -OCH3 is 1. The number of unbranched alkanes of at least 4 members (excludes halogenated alkanes) is 1. The number of thioether (sulfide) groups is 1. The lowest BCUT2D eigenvalue weighted by Crippen LogP contribution is -2.47. The zero-order chi connectivity index (χ0) is 41.3. The second-order valence-corrected chi connectivity index (χ2v) is 18.6. The zero-order valence-corrected chi connectivity index (χ0v) is 37.1. The van der Waals surface area contributed by atoms with Crippen LogP contribution in [0.2, 0.25) is 0 Å². The number of benzene rings is 5. The van der Waals surface area contributed by atoms with E-state index in [0.29, 0.717) is 32.2 Å². The van der Waals surface area contributed by atoms with Gasteiger partial charge in [-0.3, -0.25) is 4.79 Å². The summed E-state index contributed by atoms with van der Waals surface area (Å²) >= 11 is 3.52. The van der Waals surface area contributed by atoms with Gasteiger partial charge in [-0.15, -0.1) is 11.3 Å². The minimum atomic E-state index is -0.791. The Kier molecular flexibility index (Phi) is 13.8. The highest BCUT2D eigenvalue weighted by Gasteiger charge is 2.50. The van der Waals surface area contributed by atoms with E-state index >= 15 is 4.79 Å². The molecule has 2 aliphatic carbocycles. The molecule has 0 aliphatic heterocycles. The summed E-state index contributed by atoms with van der Waals surface area (Å²) in [6.07, 6.45) is 11.5. The van der Waals surface area contributed by atoms with Gasteiger partial charge in [0, 0.05) is 30.5 Å². The summed E-state index contributed by atoms with van der Waals surface area (Å²) in [5, 5.41) is 0. The van der Waals surface area contributed by atoms with Gasteiger partial charge in [-0.25, -0.2) is 4.98 Å². The first-order valence-electron chi connectivity index (χ1n) is 22.0. The van der Waals surface area contributed by atoms with E-state index in [4.69, 9.17) is 19.2 Å².